The number of hydrogen-bond donors (Lipinski definition) is 2. The van der Waals surface area contributed by atoms with Crippen LogP contribution in [0.2, 0.25) is 0 Å². The maximum Gasteiger partial charge on any atom is 0.239 e. The van der Waals surface area contributed by atoms with Crippen LogP contribution in [0.3, 0.4) is 0 Å². The van der Waals surface area contributed by atoms with E-state index in [1.165, 1.54) is 12.8 Å². The summed E-state index contributed by atoms with van der Waals surface area (Å²) in [6, 6.07) is 4.24. The van der Waals surface area contributed by atoms with Crippen LogP contribution in [0.5, 0.6) is 0 Å². The van der Waals surface area contributed by atoms with E-state index < -0.39 is 0 Å². The maximum absolute atomic E-state index is 12.7. The SMILES string of the molecule is CN1[C@@H](CCC(=O)NCc2cccnc2)CNC(=O)[C@@H]2[C@H]1CCN2CC1CC1. The fraction of sp³-hybridized carbons (Fsp3) is 0.667. The summed E-state index contributed by atoms with van der Waals surface area (Å²) in [4.78, 5) is 33.8. The Morgan fingerprint density at radius 2 is 2.21 bits per heavy atom. The van der Waals surface area contributed by atoms with E-state index >= 15 is 0 Å². The first-order chi connectivity index (χ1) is 13.6. The number of amides is 2. The number of likely N-dealkylation sites (N-methyl/N-ethyl adjacent to an activating group) is 1. The van der Waals surface area contributed by atoms with E-state index in [0.717, 1.165) is 37.4 Å². The van der Waals surface area contributed by atoms with Crippen molar-refractivity contribution in [2.75, 3.05) is 26.7 Å². The molecule has 0 unspecified atom stereocenters. The largest absolute Gasteiger partial charge is 0.353 e. The van der Waals surface area contributed by atoms with E-state index in [-0.39, 0.29) is 29.9 Å². The van der Waals surface area contributed by atoms with E-state index in [4.69, 9.17) is 0 Å². The molecule has 0 radical (unpaired) electrons. The first-order valence-corrected chi connectivity index (χ1v) is 10.5. The van der Waals surface area contributed by atoms with Crippen LogP contribution in [0.1, 0.15) is 37.7 Å². The second kappa shape index (κ2) is 8.57. The summed E-state index contributed by atoms with van der Waals surface area (Å²) in [7, 11) is 2.12. The minimum Gasteiger partial charge on any atom is -0.353 e. The van der Waals surface area contributed by atoms with Gasteiger partial charge in [0.15, 0.2) is 0 Å². The van der Waals surface area contributed by atoms with Gasteiger partial charge in [-0.1, -0.05) is 6.07 Å². The smallest absolute Gasteiger partial charge is 0.239 e. The second-order valence-electron chi connectivity index (χ2n) is 8.48. The fourth-order valence-corrected chi connectivity index (χ4v) is 4.58. The molecule has 4 rings (SSSR count). The molecule has 0 bridgehead atoms. The van der Waals surface area contributed by atoms with Crippen molar-refractivity contribution in [2.45, 2.75) is 56.8 Å². The highest BCUT2D eigenvalue weighted by Gasteiger charge is 2.46. The lowest BCUT2D eigenvalue weighted by molar-refractivity contribution is -0.126. The lowest BCUT2D eigenvalue weighted by Crippen LogP contribution is -2.50. The summed E-state index contributed by atoms with van der Waals surface area (Å²) >= 11 is 0. The van der Waals surface area contributed by atoms with Crippen LogP contribution in [0.15, 0.2) is 24.5 Å². The molecular formula is C21H31N5O2. The number of likely N-dealkylation sites (tertiary alicyclic amines) is 1. The molecule has 2 amide bonds. The number of rotatable bonds is 7. The molecule has 152 valence electrons. The van der Waals surface area contributed by atoms with Crippen molar-refractivity contribution < 1.29 is 9.59 Å². The molecule has 1 aliphatic carbocycles. The van der Waals surface area contributed by atoms with Gasteiger partial charge in [-0.2, -0.15) is 0 Å². The van der Waals surface area contributed by atoms with E-state index in [0.29, 0.717) is 19.5 Å². The molecular weight excluding hydrogens is 354 g/mol. The summed E-state index contributed by atoms with van der Waals surface area (Å²) < 4.78 is 0. The molecule has 3 atom stereocenters. The van der Waals surface area contributed by atoms with Gasteiger partial charge >= 0.3 is 0 Å². The number of nitrogens with one attached hydrogen (secondary N) is 2. The number of fused-ring (bicyclic) bond motifs is 1. The van der Waals surface area contributed by atoms with E-state index in [1.54, 1.807) is 12.4 Å². The van der Waals surface area contributed by atoms with Gasteiger partial charge in [0.2, 0.25) is 11.8 Å². The normalized spacial score (nSPS) is 28.5. The summed E-state index contributed by atoms with van der Waals surface area (Å²) in [6.07, 6.45) is 8.36. The standard InChI is InChI=1S/C21H31N5O2/c1-25-17(6-7-19(27)23-12-16-3-2-9-22-11-16)13-24-21(28)20-18(25)8-10-26(20)14-15-4-5-15/h2-3,9,11,15,17-18,20H,4-8,10,12-14H2,1H3,(H,23,27)(H,24,28)/t17-,18+,20-/m0/s1. The van der Waals surface area contributed by atoms with Crippen molar-refractivity contribution in [2.24, 2.45) is 5.92 Å². The van der Waals surface area contributed by atoms with Gasteiger partial charge in [0.05, 0.1) is 0 Å². The van der Waals surface area contributed by atoms with Crippen LogP contribution >= 0.6 is 0 Å². The van der Waals surface area contributed by atoms with E-state index in [2.05, 4.69) is 32.5 Å². The number of nitrogens with zero attached hydrogens (tertiary/aromatic N) is 3. The highest BCUT2D eigenvalue weighted by Crippen LogP contribution is 2.34. The minimum absolute atomic E-state index is 0.0324. The highest BCUT2D eigenvalue weighted by molar-refractivity contribution is 5.83. The summed E-state index contributed by atoms with van der Waals surface area (Å²) in [5.74, 6) is 1.00. The fourth-order valence-electron chi connectivity index (χ4n) is 4.58. The van der Waals surface area contributed by atoms with Gasteiger partial charge in [0, 0.05) is 57.1 Å². The second-order valence-corrected chi connectivity index (χ2v) is 8.48. The Bertz CT molecular complexity index is 693. The summed E-state index contributed by atoms with van der Waals surface area (Å²) in [5.41, 5.74) is 0.999. The third kappa shape index (κ3) is 4.52. The van der Waals surface area contributed by atoms with Crippen LogP contribution < -0.4 is 10.6 Å². The predicted molar refractivity (Wildman–Crippen MR) is 106 cm³/mol. The third-order valence-corrected chi connectivity index (χ3v) is 6.46. The Morgan fingerprint density at radius 3 is 2.96 bits per heavy atom. The summed E-state index contributed by atoms with van der Waals surface area (Å²) in [6.45, 7) is 3.19. The molecule has 3 heterocycles. The Morgan fingerprint density at radius 1 is 1.36 bits per heavy atom. The molecule has 2 saturated heterocycles. The predicted octanol–water partition coefficient (Wildman–Crippen LogP) is 0.761. The number of carbonyl (C=O) groups is 2. The Balaban J connectivity index is 1.29. The number of pyridine rings is 1. The van der Waals surface area contributed by atoms with Crippen molar-refractivity contribution in [3.63, 3.8) is 0 Å². The molecule has 0 spiro atoms. The molecule has 28 heavy (non-hydrogen) atoms. The quantitative estimate of drug-likeness (QED) is 0.725. The molecule has 1 aromatic rings. The van der Waals surface area contributed by atoms with Crippen LogP contribution in [-0.2, 0) is 16.1 Å². The van der Waals surface area contributed by atoms with Gasteiger partial charge < -0.3 is 10.6 Å². The number of hydrogen-bond acceptors (Lipinski definition) is 5. The van der Waals surface area contributed by atoms with Crippen molar-refractivity contribution in [3.05, 3.63) is 30.1 Å². The van der Waals surface area contributed by atoms with Crippen LogP contribution in [-0.4, -0.2) is 71.4 Å². The Hall–Kier alpha value is -1.99. The molecule has 1 saturated carbocycles. The average molecular weight is 386 g/mol. The van der Waals surface area contributed by atoms with Crippen LogP contribution in [0.4, 0.5) is 0 Å². The van der Waals surface area contributed by atoms with Crippen molar-refractivity contribution in [3.8, 4) is 0 Å². The van der Waals surface area contributed by atoms with Gasteiger partial charge in [-0.25, -0.2) is 0 Å². The summed E-state index contributed by atoms with van der Waals surface area (Å²) in [5, 5.41) is 6.11. The van der Waals surface area contributed by atoms with E-state index in [9.17, 15) is 9.59 Å². The zero-order valence-electron chi connectivity index (χ0n) is 16.6. The zero-order valence-corrected chi connectivity index (χ0v) is 16.6. The van der Waals surface area contributed by atoms with Crippen molar-refractivity contribution >= 4 is 11.8 Å². The minimum atomic E-state index is -0.0324. The highest BCUT2D eigenvalue weighted by atomic mass is 16.2. The molecule has 0 aromatic carbocycles. The Labute approximate surface area is 166 Å². The first-order valence-electron chi connectivity index (χ1n) is 10.5. The molecule has 7 heteroatoms. The number of aromatic nitrogens is 1. The van der Waals surface area contributed by atoms with Gasteiger partial charge in [-0.05, 0) is 50.3 Å². The number of carbonyl (C=O) groups excluding carboxylic acids is 2. The average Bonchev–Trinajstić information content (AvgIpc) is 3.44. The molecule has 1 aromatic heterocycles. The van der Waals surface area contributed by atoms with Crippen LogP contribution in [0, 0.1) is 5.92 Å². The van der Waals surface area contributed by atoms with Gasteiger partial charge in [0.1, 0.15) is 6.04 Å². The lowest BCUT2D eigenvalue weighted by atomic mass is 10.0. The Kier molecular flexibility index (Phi) is 5.92. The molecule has 3 aliphatic rings. The first kappa shape index (κ1) is 19.3. The molecule has 2 aliphatic heterocycles. The van der Waals surface area contributed by atoms with Crippen molar-refractivity contribution in [1.82, 2.24) is 25.4 Å². The maximum atomic E-state index is 12.7. The monoisotopic (exact) mass is 385 g/mol. The van der Waals surface area contributed by atoms with Gasteiger partial charge in [-0.3, -0.25) is 24.4 Å². The topological polar surface area (TPSA) is 77.6 Å². The van der Waals surface area contributed by atoms with Crippen LogP contribution in [0.25, 0.3) is 0 Å². The zero-order chi connectivity index (χ0) is 19.5. The lowest BCUT2D eigenvalue weighted by Gasteiger charge is -2.33. The van der Waals surface area contributed by atoms with E-state index in [1.807, 2.05) is 12.1 Å². The van der Waals surface area contributed by atoms with Crippen molar-refractivity contribution in [1.29, 1.82) is 0 Å². The molecule has 3 fully saturated rings. The molecule has 2 N–H and O–H groups in total. The van der Waals surface area contributed by atoms with Gasteiger partial charge in [0.25, 0.3) is 0 Å². The molecule has 7 nitrogen and oxygen atoms in total. The third-order valence-electron chi connectivity index (χ3n) is 6.46. The van der Waals surface area contributed by atoms with Gasteiger partial charge in [-0.15, -0.1) is 0 Å².